The van der Waals surface area contributed by atoms with Crippen molar-refractivity contribution in [3.05, 3.63) is 28.8 Å². The summed E-state index contributed by atoms with van der Waals surface area (Å²) in [7, 11) is 0. The van der Waals surface area contributed by atoms with Crippen LogP contribution in [0.1, 0.15) is 30.5 Å². The highest BCUT2D eigenvalue weighted by atomic mass is 32.2. The van der Waals surface area contributed by atoms with Crippen LogP contribution in [0.25, 0.3) is 0 Å². The molecule has 0 aliphatic carbocycles. The average molecular weight is 368 g/mol. The third-order valence-electron chi connectivity index (χ3n) is 3.23. The summed E-state index contributed by atoms with van der Waals surface area (Å²) in [6.07, 6.45) is 0. The predicted molar refractivity (Wildman–Crippen MR) is 101 cm³/mol. The Morgan fingerprint density at radius 2 is 1.83 bits per heavy atom. The summed E-state index contributed by atoms with van der Waals surface area (Å²) in [5.74, 6) is 0.964. The van der Waals surface area contributed by atoms with Crippen LogP contribution >= 0.6 is 34.9 Å². The lowest BCUT2D eigenvalue weighted by molar-refractivity contribution is -0.115. The van der Waals surface area contributed by atoms with Gasteiger partial charge < -0.3 is 5.32 Å². The summed E-state index contributed by atoms with van der Waals surface area (Å²) in [5.41, 5.74) is 4.29. The fourth-order valence-corrected chi connectivity index (χ4v) is 5.29. The first-order valence-corrected chi connectivity index (χ1v) is 10.1. The maximum Gasteiger partial charge on any atom is 0.237 e. The highest BCUT2D eigenvalue weighted by Crippen LogP contribution is 2.32. The highest BCUT2D eigenvalue weighted by molar-refractivity contribution is 8.03. The molecular weight excluding hydrogens is 346 g/mol. The third kappa shape index (κ3) is 4.96. The summed E-state index contributed by atoms with van der Waals surface area (Å²) >= 11 is 4.66. The molecule has 23 heavy (non-hydrogen) atoms. The Labute approximate surface area is 149 Å². The van der Waals surface area contributed by atoms with Gasteiger partial charge in [-0.1, -0.05) is 59.5 Å². The van der Waals surface area contributed by atoms with Crippen molar-refractivity contribution in [1.82, 2.24) is 10.2 Å². The first-order valence-electron chi connectivity index (χ1n) is 7.42. The number of nitrogens with one attached hydrogen (secondary N) is 1. The average Bonchev–Trinajstić information content (AvgIpc) is 2.90. The van der Waals surface area contributed by atoms with E-state index in [2.05, 4.69) is 41.5 Å². The van der Waals surface area contributed by atoms with E-state index < -0.39 is 0 Å². The number of hydrogen-bond donors (Lipinski definition) is 1. The van der Waals surface area contributed by atoms with Gasteiger partial charge in [-0.05, 0) is 44.6 Å². The first-order chi connectivity index (χ1) is 10.9. The molecule has 0 saturated heterocycles. The van der Waals surface area contributed by atoms with Gasteiger partial charge in [0.1, 0.15) is 0 Å². The summed E-state index contributed by atoms with van der Waals surface area (Å²) in [6, 6.07) is 4.17. The van der Waals surface area contributed by atoms with Crippen LogP contribution < -0.4 is 5.32 Å². The Kier molecular flexibility index (Phi) is 6.50. The normalized spacial score (nSPS) is 12.2. The summed E-state index contributed by atoms with van der Waals surface area (Å²) in [4.78, 5) is 12.5. The summed E-state index contributed by atoms with van der Waals surface area (Å²) in [5, 5.41) is 11.1. The Bertz CT molecular complexity index is 677. The number of aryl methyl sites for hydroxylation is 3. The van der Waals surface area contributed by atoms with Gasteiger partial charge in [0, 0.05) is 5.69 Å². The number of amides is 1. The van der Waals surface area contributed by atoms with Crippen LogP contribution in [0.2, 0.25) is 0 Å². The zero-order valence-electron chi connectivity index (χ0n) is 14.0. The largest absolute Gasteiger partial charge is 0.325 e. The molecule has 124 valence electrons. The van der Waals surface area contributed by atoms with E-state index in [9.17, 15) is 4.79 Å². The summed E-state index contributed by atoms with van der Waals surface area (Å²) < 4.78 is 1.79. The van der Waals surface area contributed by atoms with Crippen LogP contribution in [-0.4, -0.2) is 27.1 Å². The van der Waals surface area contributed by atoms with E-state index >= 15 is 0 Å². The van der Waals surface area contributed by atoms with Crippen molar-refractivity contribution >= 4 is 46.5 Å². The molecule has 0 unspecified atom stereocenters. The van der Waals surface area contributed by atoms with Crippen molar-refractivity contribution in [2.45, 2.75) is 48.5 Å². The summed E-state index contributed by atoms with van der Waals surface area (Å²) in [6.45, 7) is 10.1. The van der Waals surface area contributed by atoms with Gasteiger partial charge in [0.15, 0.2) is 8.68 Å². The lowest BCUT2D eigenvalue weighted by Gasteiger charge is -2.15. The van der Waals surface area contributed by atoms with Gasteiger partial charge in [-0.15, -0.1) is 10.2 Å². The van der Waals surface area contributed by atoms with E-state index in [1.165, 1.54) is 17.3 Å². The van der Waals surface area contributed by atoms with E-state index in [0.29, 0.717) is 0 Å². The van der Waals surface area contributed by atoms with Crippen LogP contribution in [0.5, 0.6) is 0 Å². The monoisotopic (exact) mass is 367 g/mol. The molecule has 0 fully saturated rings. The zero-order chi connectivity index (χ0) is 17.0. The number of aromatic nitrogens is 2. The van der Waals surface area contributed by atoms with E-state index in [0.717, 1.165) is 31.2 Å². The molecule has 7 heteroatoms. The van der Waals surface area contributed by atoms with E-state index in [1.807, 2.05) is 20.8 Å². The lowest BCUT2D eigenvalue weighted by Crippen LogP contribution is -2.23. The molecule has 1 heterocycles. The molecule has 0 aliphatic rings. The SMILES string of the molecule is CCSc1nnc(S[C@@H](C)C(=O)Nc2c(C)cc(C)cc2C)s1. The quantitative estimate of drug-likeness (QED) is 0.750. The molecule has 0 aliphatic heterocycles. The minimum Gasteiger partial charge on any atom is -0.325 e. The van der Waals surface area contributed by atoms with Gasteiger partial charge in [0.2, 0.25) is 5.91 Å². The second-order valence-electron chi connectivity index (χ2n) is 5.29. The first kappa shape index (κ1) is 18.3. The highest BCUT2D eigenvalue weighted by Gasteiger charge is 2.18. The smallest absolute Gasteiger partial charge is 0.237 e. The lowest BCUT2D eigenvalue weighted by atomic mass is 10.1. The fourth-order valence-electron chi connectivity index (χ4n) is 2.23. The van der Waals surface area contributed by atoms with E-state index in [1.54, 1.807) is 23.1 Å². The van der Waals surface area contributed by atoms with Crippen LogP contribution in [0.15, 0.2) is 20.8 Å². The van der Waals surface area contributed by atoms with Crippen LogP contribution in [-0.2, 0) is 4.79 Å². The Balaban J connectivity index is 2.02. The minimum absolute atomic E-state index is 0.00931. The van der Waals surface area contributed by atoms with Gasteiger partial charge in [0.05, 0.1) is 5.25 Å². The number of nitrogens with zero attached hydrogens (tertiary/aromatic N) is 2. The van der Waals surface area contributed by atoms with Gasteiger partial charge >= 0.3 is 0 Å². The van der Waals surface area contributed by atoms with Crippen LogP contribution in [0.3, 0.4) is 0 Å². The van der Waals surface area contributed by atoms with Crippen molar-refractivity contribution < 1.29 is 4.79 Å². The number of benzene rings is 1. The Hall–Kier alpha value is -1.05. The molecular formula is C16H21N3OS3. The third-order valence-corrected chi connectivity index (χ3v) is 6.35. The molecule has 1 aromatic carbocycles. The molecule has 1 atom stereocenters. The topological polar surface area (TPSA) is 54.9 Å². The molecule has 1 aromatic heterocycles. The number of rotatable bonds is 6. The minimum atomic E-state index is -0.220. The van der Waals surface area contributed by atoms with Crippen LogP contribution in [0, 0.1) is 20.8 Å². The van der Waals surface area contributed by atoms with Crippen molar-refractivity contribution in [3.63, 3.8) is 0 Å². The molecule has 4 nitrogen and oxygen atoms in total. The second kappa shape index (κ2) is 8.17. The zero-order valence-corrected chi connectivity index (χ0v) is 16.4. The molecule has 2 rings (SSSR count). The Morgan fingerprint density at radius 3 is 2.43 bits per heavy atom. The maximum absolute atomic E-state index is 12.5. The number of carbonyl (C=O) groups excluding carboxylic acids is 1. The number of hydrogen-bond acceptors (Lipinski definition) is 6. The fraction of sp³-hybridized carbons (Fsp3) is 0.438. The van der Waals surface area contributed by atoms with Crippen molar-refractivity contribution in [1.29, 1.82) is 0 Å². The molecule has 0 bridgehead atoms. The van der Waals surface area contributed by atoms with Gasteiger partial charge in [-0.2, -0.15) is 0 Å². The number of carbonyl (C=O) groups is 1. The number of thioether (sulfide) groups is 2. The second-order valence-corrected chi connectivity index (χ2v) is 9.37. The molecule has 0 radical (unpaired) electrons. The van der Waals surface area contributed by atoms with Crippen molar-refractivity contribution in [2.24, 2.45) is 0 Å². The Morgan fingerprint density at radius 1 is 1.22 bits per heavy atom. The van der Waals surface area contributed by atoms with Crippen molar-refractivity contribution in [3.8, 4) is 0 Å². The predicted octanol–water partition coefficient (Wildman–Crippen LogP) is 4.69. The van der Waals surface area contributed by atoms with Crippen LogP contribution in [0.4, 0.5) is 5.69 Å². The van der Waals surface area contributed by atoms with Crippen molar-refractivity contribution in [2.75, 3.05) is 11.1 Å². The molecule has 0 spiro atoms. The molecule has 0 saturated carbocycles. The molecule has 1 amide bonds. The van der Waals surface area contributed by atoms with E-state index in [4.69, 9.17) is 0 Å². The molecule has 2 aromatic rings. The molecule has 1 N–H and O–H groups in total. The van der Waals surface area contributed by atoms with Gasteiger partial charge in [0.25, 0.3) is 0 Å². The standard InChI is InChI=1S/C16H21N3OS3/c1-6-21-15-18-19-16(23-15)22-12(5)14(20)17-13-10(3)7-9(2)8-11(13)4/h7-8,12H,6H2,1-5H3,(H,17,20)/t12-/m0/s1. The maximum atomic E-state index is 12.5. The van der Waals surface area contributed by atoms with Gasteiger partial charge in [-0.3, -0.25) is 4.79 Å². The number of anilines is 1. The van der Waals surface area contributed by atoms with Gasteiger partial charge in [-0.25, -0.2) is 0 Å². The van der Waals surface area contributed by atoms with E-state index in [-0.39, 0.29) is 11.2 Å².